The molecule has 5 nitrogen and oxygen atoms in total. The van der Waals surface area contributed by atoms with Crippen LogP contribution in [-0.2, 0) is 6.54 Å². The van der Waals surface area contributed by atoms with Gasteiger partial charge in [-0.2, -0.15) is 5.10 Å². The van der Waals surface area contributed by atoms with Crippen molar-refractivity contribution in [3.8, 4) is 0 Å². The smallest absolute Gasteiger partial charge is 0.0762 e. The zero-order valence-electron chi connectivity index (χ0n) is 14.0. The number of rotatable bonds is 7. The van der Waals surface area contributed by atoms with Crippen LogP contribution in [0.3, 0.4) is 0 Å². The molecule has 0 aliphatic carbocycles. The highest BCUT2D eigenvalue weighted by molar-refractivity contribution is 4.99. The van der Waals surface area contributed by atoms with Gasteiger partial charge in [0.05, 0.1) is 11.7 Å². The highest BCUT2D eigenvalue weighted by atomic mass is 15.3. The Morgan fingerprint density at radius 1 is 1.29 bits per heavy atom. The van der Waals surface area contributed by atoms with E-state index in [-0.39, 0.29) is 0 Å². The van der Waals surface area contributed by atoms with Gasteiger partial charge in [-0.05, 0) is 33.0 Å². The summed E-state index contributed by atoms with van der Waals surface area (Å²) >= 11 is 0. The summed E-state index contributed by atoms with van der Waals surface area (Å²) in [6.45, 7) is 9.82. The maximum absolute atomic E-state index is 4.70. The molecule has 21 heavy (non-hydrogen) atoms. The van der Waals surface area contributed by atoms with Crippen molar-refractivity contribution in [3.05, 3.63) is 18.0 Å². The van der Waals surface area contributed by atoms with Gasteiger partial charge in [-0.1, -0.05) is 13.8 Å². The van der Waals surface area contributed by atoms with E-state index >= 15 is 0 Å². The van der Waals surface area contributed by atoms with Crippen molar-refractivity contribution >= 4 is 0 Å². The summed E-state index contributed by atoms with van der Waals surface area (Å²) in [6, 6.07) is 3.28. The Morgan fingerprint density at radius 3 is 2.76 bits per heavy atom. The lowest BCUT2D eigenvalue weighted by Crippen LogP contribution is -2.53. The molecule has 1 saturated heterocycles. The molecule has 0 radical (unpaired) electrons. The third-order valence-electron chi connectivity index (χ3n) is 4.65. The lowest BCUT2D eigenvalue weighted by atomic mass is 10.2. The van der Waals surface area contributed by atoms with Crippen molar-refractivity contribution in [2.24, 2.45) is 0 Å². The topological polar surface area (TPSA) is 36.3 Å². The third kappa shape index (κ3) is 4.53. The molecule has 0 aromatic carbocycles. The van der Waals surface area contributed by atoms with Gasteiger partial charge in [-0.3, -0.25) is 9.58 Å². The average molecular weight is 293 g/mol. The standard InChI is InChI=1S/C16H31N5/c1-5-15(6-2)21-8-7-14(18-21)11-17-12-16-13-19(3)9-10-20(16)4/h7-8,15-17H,5-6,9-13H2,1-4H3. The molecule has 0 amide bonds. The zero-order valence-corrected chi connectivity index (χ0v) is 14.0. The summed E-state index contributed by atoms with van der Waals surface area (Å²) in [5.74, 6) is 0. The molecule has 2 rings (SSSR count). The minimum absolute atomic E-state index is 0.539. The van der Waals surface area contributed by atoms with E-state index in [1.54, 1.807) is 0 Å². The molecule has 1 atom stereocenters. The molecule has 1 N–H and O–H groups in total. The first-order valence-corrected chi connectivity index (χ1v) is 8.27. The Morgan fingerprint density at radius 2 is 2.05 bits per heavy atom. The SMILES string of the molecule is CCC(CC)n1ccc(CNCC2CN(C)CCN2C)n1. The van der Waals surface area contributed by atoms with Gasteiger partial charge in [0.1, 0.15) is 0 Å². The molecule has 1 aromatic rings. The van der Waals surface area contributed by atoms with E-state index in [1.807, 2.05) is 0 Å². The Hall–Kier alpha value is -0.910. The maximum Gasteiger partial charge on any atom is 0.0762 e. The van der Waals surface area contributed by atoms with Gasteiger partial charge >= 0.3 is 0 Å². The van der Waals surface area contributed by atoms with E-state index in [0.717, 1.165) is 44.7 Å². The fraction of sp³-hybridized carbons (Fsp3) is 0.812. The van der Waals surface area contributed by atoms with Crippen LogP contribution in [0.15, 0.2) is 12.3 Å². The second-order valence-electron chi connectivity index (χ2n) is 6.28. The maximum atomic E-state index is 4.70. The number of nitrogens with one attached hydrogen (secondary N) is 1. The predicted octanol–water partition coefficient (Wildman–Crippen LogP) is 1.58. The normalized spacial score (nSPS) is 21.3. The van der Waals surface area contributed by atoms with Crippen LogP contribution in [0, 0.1) is 0 Å². The highest BCUT2D eigenvalue weighted by Crippen LogP contribution is 2.14. The molecule has 0 bridgehead atoms. The minimum Gasteiger partial charge on any atom is -0.309 e. The van der Waals surface area contributed by atoms with E-state index in [9.17, 15) is 0 Å². The molecule has 1 aliphatic rings. The van der Waals surface area contributed by atoms with E-state index in [4.69, 9.17) is 5.10 Å². The molecule has 0 spiro atoms. The van der Waals surface area contributed by atoms with Gasteiger partial charge in [-0.15, -0.1) is 0 Å². The fourth-order valence-electron chi connectivity index (χ4n) is 3.03. The third-order valence-corrected chi connectivity index (χ3v) is 4.65. The Labute approximate surface area is 129 Å². The summed E-state index contributed by atoms with van der Waals surface area (Å²) in [5, 5.41) is 8.27. The number of nitrogens with zero attached hydrogens (tertiary/aromatic N) is 4. The first kappa shape index (κ1) is 16.5. The Kier molecular flexibility index (Phi) is 6.21. The van der Waals surface area contributed by atoms with E-state index in [0.29, 0.717) is 12.1 Å². The molecule has 1 unspecified atom stereocenters. The molecule has 120 valence electrons. The second kappa shape index (κ2) is 7.92. The van der Waals surface area contributed by atoms with Crippen molar-refractivity contribution < 1.29 is 0 Å². The quantitative estimate of drug-likeness (QED) is 0.828. The lowest BCUT2D eigenvalue weighted by molar-refractivity contribution is 0.113. The van der Waals surface area contributed by atoms with Crippen LogP contribution in [-0.4, -0.2) is 65.9 Å². The van der Waals surface area contributed by atoms with Crippen molar-refractivity contribution in [1.29, 1.82) is 0 Å². The lowest BCUT2D eigenvalue weighted by Gasteiger charge is -2.37. The van der Waals surface area contributed by atoms with Crippen LogP contribution in [0.5, 0.6) is 0 Å². The van der Waals surface area contributed by atoms with Crippen LogP contribution >= 0.6 is 0 Å². The first-order valence-electron chi connectivity index (χ1n) is 8.27. The molecule has 1 aliphatic heterocycles. The molecule has 0 saturated carbocycles. The second-order valence-corrected chi connectivity index (χ2v) is 6.28. The summed E-state index contributed by atoms with van der Waals surface area (Å²) in [6.07, 6.45) is 4.41. The number of likely N-dealkylation sites (N-methyl/N-ethyl adjacent to an activating group) is 2. The highest BCUT2D eigenvalue weighted by Gasteiger charge is 2.21. The van der Waals surface area contributed by atoms with E-state index < -0.39 is 0 Å². The fourth-order valence-corrected chi connectivity index (χ4v) is 3.03. The average Bonchev–Trinajstić information content (AvgIpc) is 2.93. The summed E-state index contributed by atoms with van der Waals surface area (Å²) in [5.41, 5.74) is 1.15. The van der Waals surface area contributed by atoms with Gasteiger partial charge < -0.3 is 10.2 Å². The van der Waals surface area contributed by atoms with Crippen LogP contribution in [0.2, 0.25) is 0 Å². The van der Waals surface area contributed by atoms with Crippen molar-refractivity contribution in [2.45, 2.75) is 45.3 Å². The monoisotopic (exact) mass is 293 g/mol. The van der Waals surface area contributed by atoms with Crippen LogP contribution < -0.4 is 5.32 Å². The van der Waals surface area contributed by atoms with Crippen LogP contribution in [0.1, 0.15) is 38.4 Å². The summed E-state index contributed by atoms with van der Waals surface area (Å²) in [4.78, 5) is 4.87. The predicted molar refractivity (Wildman–Crippen MR) is 87.5 cm³/mol. The van der Waals surface area contributed by atoms with Crippen molar-refractivity contribution in [2.75, 3.05) is 40.3 Å². The molecular weight excluding hydrogens is 262 g/mol. The molecule has 2 heterocycles. The van der Waals surface area contributed by atoms with Gasteiger partial charge in [0.25, 0.3) is 0 Å². The molecule has 1 aromatic heterocycles. The van der Waals surface area contributed by atoms with Crippen LogP contribution in [0.25, 0.3) is 0 Å². The zero-order chi connectivity index (χ0) is 15.2. The number of hydrogen-bond donors (Lipinski definition) is 1. The first-order chi connectivity index (χ1) is 10.1. The largest absolute Gasteiger partial charge is 0.309 e. The molecular formula is C16H31N5. The van der Waals surface area contributed by atoms with Crippen molar-refractivity contribution in [3.63, 3.8) is 0 Å². The Bertz CT molecular complexity index is 413. The molecule has 5 heteroatoms. The van der Waals surface area contributed by atoms with Gasteiger partial charge in [0, 0.05) is 45.0 Å². The number of hydrogen-bond acceptors (Lipinski definition) is 4. The van der Waals surface area contributed by atoms with Crippen LogP contribution in [0.4, 0.5) is 0 Å². The number of piperazine rings is 1. The van der Waals surface area contributed by atoms with E-state index in [1.165, 1.54) is 6.54 Å². The summed E-state index contributed by atoms with van der Waals surface area (Å²) in [7, 11) is 4.43. The summed E-state index contributed by atoms with van der Waals surface area (Å²) < 4.78 is 2.12. The van der Waals surface area contributed by atoms with Crippen molar-refractivity contribution in [1.82, 2.24) is 24.9 Å². The van der Waals surface area contributed by atoms with Gasteiger partial charge in [0.15, 0.2) is 0 Å². The Balaban J connectivity index is 1.78. The minimum atomic E-state index is 0.539. The van der Waals surface area contributed by atoms with Gasteiger partial charge in [0.2, 0.25) is 0 Å². The molecule has 1 fully saturated rings. The number of aromatic nitrogens is 2. The van der Waals surface area contributed by atoms with Gasteiger partial charge in [-0.25, -0.2) is 0 Å². The van der Waals surface area contributed by atoms with E-state index in [2.05, 4.69) is 60.0 Å².